The largest absolute Gasteiger partial charge is 0.444 e. The van der Waals surface area contributed by atoms with Gasteiger partial charge in [-0.1, -0.05) is 55.5 Å². The fourth-order valence-corrected chi connectivity index (χ4v) is 7.84. The van der Waals surface area contributed by atoms with Crippen LogP contribution in [0.3, 0.4) is 0 Å². The van der Waals surface area contributed by atoms with Crippen molar-refractivity contribution in [1.29, 1.82) is 0 Å². The van der Waals surface area contributed by atoms with Crippen molar-refractivity contribution in [3.63, 3.8) is 0 Å². The first-order chi connectivity index (χ1) is 31.9. The lowest BCUT2D eigenvalue weighted by Gasteiger charge is -2.32. The van der Waals surface area contributed by atoms with Gasteiger partial charge in [-0.05, 0) is 140 Å². The average Bonchev–Trinajstić information content (AvgIpc) is 3.87. The lowest BCUT2D eigenvalue weighted by molar-refractivity contribution is -0.144. The number of halogens is 12. The maximum absolute atomic E-state index is 13.4. The molecule has 372 valence electrons. The number of amides is 1. The number of carbonyl (C=O) groups excluding carboxylic acids is 3. The number of aliphatic hydroxyl groups excluding tert-OH is 1. The molecule has 4 aromatic rings. The van der Waals surface area contributed by atoms with Crippen LogP contribution in [0.15, 0.2) is 84.9 Å². The van der Waals surface area contributed by atoms with Crippen molar-refractivity contribution < 1.29 is 76.9 Å². The third-order valence-corrected chi connectivity index (χ3v) is 11.1. The van der Waals surface area contributed by atoms with Crippen molar-refractivity contribution in [2.75, 3.05) is 6.61 Å². The highest BCUT2D eigenvalue weighted by atomic mass is 19.4. The van der Waals surface area contributed by atoms with Crippen LogP contribution >= 0.6 is 0 Å². The highest BCUT2D eigenvalue weighted by Gasteiger charge is 2.40. The first-order valence-electron chi connectivity index (χ1n) is 21.5. The third-order valence-electron chi connectivity index (χ3n) is 11.1. The van der Waals surface area contributed by atoms with Crippen LogP contribution in [0.2, 0.25) is 0 Å². The Morgan fingerprint density at radius 1 is 0.638 bits per heavy atom. The zero-order valence-electron chi connectivity index (χ0n) is 37.6. The average molecular weight is 985 g/mol. The van der Waals surface area contributed by atoms with E-state index in [1.54, 1.807) is 58.0 Å². The molecule has 2 atom stereocenters. The van der Waals surface area contributed by atoms with E-state index in [4.69, 9.17) is 9.84 Å². The number of hydrogen-bond donors (Lipinski definition) is 2. The molecule has 0 spiro atoms. The molecule has 1 amide bonds. The van der Waals surface area contributed by atoms with Gasteiger partial charge in [-0.25, -0.2) is 4.79 Å². The van der Waals surface area contributed by atoms with Crippen molar-refractivity contribution >= 4 is 29.8 Å². The Labute approximate surface area is 389 Å². The molecule has 19 heteroatoms. The monoisotopic (exact) mass is 984 g/mol. The number of nitrogens with one attached hydrogen (secondary N) is 1. The number of aryl methyl sites for hydroxylation is 2. The second kappa shape index (κ2) is 21.4. The maximum Gasteiger partial charge on any atom is 0.416 e. The van der Waals surface area contributed by atoms with Crippen LogP contribution in [0, 0.1) is 0 Å². The molecule has 0 aliphatic heterocycles. The number of carbonyl (C=O) groups is 3. The molecule has 2 aliphatic carbocycles. The molecule has 0 heterocycles. The molecule has 0 saturated carbocycles. The molecule has 2 unspecified atom stereocenters. The number of alkyl halides is 12. The molecule has 0 bridgehead atoms. The van der Waals surface area contributed by atoms with E-state index in [-0.39, 0.29) is 41.6 Å². The smallest absolute Gasteiger partial charge is 0.416 e. The Bertz CT molecular complexity index is 2500. The Hall–Kier alpha value is -5.95. The SMILES string of the molecule is CCC(=O)/C=C/c1ccc2c(c1)CCC2N(Cc1cc(C(F)(F)F)cc(C(F)(F)F)c1)C(=O)OC(C)(C)C.O=C(/C=C/c1ccc2c(c1)CCC2NCc1cc(C(F)(F)F)cc(C(F)(F)F)c1)CO. The van der Waals surface area contributed by atoms with E-state index < -0.39 is 83.6 Å². The molecule has 2 aliphatic rings. The predicted molar refractivity (Wildman–Crippen MR) is 232 cm³/mol. The van der Waals surface area contributed by atoms with Crippen molar-refractivity contribution in [2.45, 2.75) is 115 Å². The molecule has 6 rings (SSSR count). The van der Waals surface area contributed by atoms with Gasteiger partial charge in [0.05, 0.1) is 28.3 Å². The summed E-state index contributed by atoms with van der Waals surface area (Å²) in [6.07, 6.45) is -12.0. The van der Waals surface area contributed by atoms with Gasteiger partial charge in [0.15, 0.2) is 11.6 Å². The minimum Gasteiger partial charge on any atom is -0.444 e. The minimum absolute atomic E-state index is 0.0428. The Morgan fingerprint density at radius 2 is 1.09 bits per heavy atom. The van der Waals surface area contributed by atoms with E-state index >= 15 is 0 Å². The van der Waals surface area contributed by atoms with Crippen LogP contribution in [0.25, 0.3) is 12.2 Å². The Balaban J connectivity index is 0.000000263. The van der Waals surface area contributed by atoms with Crippen LogP contribution in [-0.2, 0) is 65.0 Å². The van der Waals surface area contributed by atoms with Crippen LogP contribution in [0.1, 0.15) is 126 Å². The molecule has 7 nitrogen and oxygen atoms in total. The van der Waals surface area contributed by atoms with Crippen LogP contribution < -0.4 is 5.32 Å². The summed E-state index contributed by atoms with van der Waals surface area (Å²) < 4.78 is 164. The van der Waals surface area contributed by atoms with Gasteiger partial charge in [0.2, 0.25) is 0 Å². The number of aliphatic hydroxyl groups is 1. The molecule has 0 fully saturated rings. The quantitative estimate of drug-likeness (QED) is 0.108. The number of benzene rings is 4. The lowest BCUT2D eigenvalue weighted by atomic mass is 10.0. The van der Waals surface area contributed by atoms with Gasteiger partial charge >= 0.3 is 30.8 Å². The predicted octanol–water partition coefficient (Wildman–Crippen LogP) is 13.2. The molecule has 0 saturated heterocycles. The van der Waals surface area contributed by atoms with Crippen molar-refractivity contribution in [3.8, 4) is 0 Å². The molecule has 0 aromatic heterocycles. The summed E-state index contributed by atoms with van der Waals surface area (Å²) in [6.45, 7) is 5.35. The van der Waals surface area contributed by atoms with E-state index in [2.05, 4.69) is 5.32 Å². The van der Waals surface area contributed by atoms with Gasteiger partial charge < -0.3 is 15.2 Å². The van der Waals surface area contributed by atoms with Crippen LogP contribution in [0.5, 0.6) is 0 Å². The summed E-state index contributed by atoms with van der Waals surface area (Å²) in [7, 11) is 0. The Kier molecular flexibility index (Phi) is 16.7. The minimum atomic E-state index is -5.00. The normalized spacial score (nSPS) is 16.3. The van der Waals surface area contributed by atoms with Crippen molar-refractivity contribution in [1.82, 2.24) is 10.2 Å². The van der Waals surface area contributed by atoms with Crippen molar-refractivity contribution in [2.24, 2.45) is 0 Å². The second-order valence-electron chi connectivity index (χ2n) is 17.5. The number of rotatable bonds is 12. The summed E-state index contributed by atoms with van der Waals surface area (Å²) in [5.74, 6) is -0.474. The number of fused-ring (bicyclic) bond motifs is 2. The lowest BCUT2D eigenvalue weighted by Crippen LogP contribution is -2.38. The third kappa shape index (κ3) is 15.0. The zero-order valence-corrected chi connectivity index (χ0v) is 37.6. The Morgan fingerprint density at radius 3 is 1.55 bits per heavy atom. The van der Waals surface area contributed by atoms with Gasteiger partial charge in [0.1, 0.15) is 12.2 Å². The molecular weight excluding hydrogens is 937 g/mol. The van der Waals surface area contributed by atoms with Crippen LogP contribution in [0.4, 0.5) is 57.5 Å². The topological polar surface area (TPSA) is 95.9 Å². The highest BCUT2D eigenvalue weighted by molar-refractivity contribution is 5.94. The summed E-state index contributed by atoms with van der Waals surface area (Å²) in [6, 6.07) is 12.8. The molecular formula is C50H48F12N2O5. The van der Waals surface area contributed by atoms with Crippen LogP contribution in [-0.4, -0.2) is 39.9 Å². The van der Waals surface area contributed by atoms with E-state index in [1.165, 1.54) is 17.1 Å². The summed E-state index contributed by atoms with van der Waals surface area (Å²) >= 11 is 0. The summed E-state index contributed by atoms with van der Waals surface area (Å²) in [5, 5.41) is 11.8. The van der Waals surface area contributed by atoms with E-state index in [0.29, 0.717) is 44.2 Å². The number of ether oxygens (including phenoxy) is 1. The summed E-state index contributed by atoms with van der Waals surface area (Å²) in [4.78, 5) is 37.2. The summed E-state index contributed by atoms with van der Waals surface area (Å²) in [5.41, 5.74) is -1.91. The highest BCUT2D eigenvalue weighted by Crippen LogP contribution is 2.42. The van der Waals surface area contributed by atoms with Gasteiger partial charge in [-0.2, -0.15) is 52.7 Å². The first kappa shape index (κ1) is 54.0. The molecule has 4 aromatic carbocycles. The van der Waals surface area contributed by atoms with Gasteiger partial charge in [-0.3, -0.25) is 14.5 Å². The van der Waals surface area contributed by atoms with Gasteiger partial charge in [0, 0.05) is 25.6 Å². The standard InChI is InChI=1S/C28H29F6NO3.C22H19F6NO2/c1-5-22(36)9-6-17-7-10-23-19(12-17)8-11-24(23)35(25(37)38-26(2,3)4)16-18-13-20(27(29,30)31)15-21(14-18)28(32,33)34;23-21(24,25)16-8-14(9-17(10-16)22(26,27)28)11-29-20-6-3-15-7-13(2-5-19(15)20)1-4-18(31)12-30/h6-7,9-10,12-15,24H,5,8,11,16H2,1-4H3;1-2,4-5,7-10,20,29-30H,3,6,11-12H2/b9-6+;4-1+. The number of ketones is 2. The molecule has 69 heavy (non-hydrogen) atoms. The van der Waals surface area contributed by atoms with E-state index in [9.17, 15) is 67.1 Å². The van der Waals surface area contributed by atoms with E-state index in [0.717, 1.165) is 45.5 Å². The molecule has 2 N–H and O–H groups in total. The maximum atomic E-state index is 13.4. The number of hydrogen-bond acceptors (Lipinski definition) is 6. The van der Waals surface area contributed by atoms with Gasteiger partial charge in [0.25, 0.3) is 0 Å². The fourth-order valence-electron chi connectivity index (χ4n) is 7.84. The first-order valence-corrected chi connectivity index (χ1v) is 21.5. The second-order valence-corrected chi connectivity index (χ2v) is 17.5. The molecule has 0 radical (unpaired) electrons. The van der Waals surface area contributed by atoms with Crippen molar-refractivity contribution in [3.05, 3.63) is 152 Å². The van der Waals surface area contributed by atoms with E-state index in [1.807, 2.05) is 18.2 Å². The fraction of sp³-hybridized carbons (Fsp3) is 0.380. The van der Waals surface area contributed by atoms with Gasteiger partial charge in [-0.15, -0.1) is 0 Å². The number of allylic oxidation sites excluding steroid dienone is 1. The number of nitrogens with zero attached hydrogens (tertiary/aromatic N) is 1. The zero-order chi connectivity index (χ0) is 51.3.